The van der Waals surface area contributed by atoms with Crippen LogP contribution >= 0.6 is 0 Å². The Labute approximate surface area is 151 Å². The molecule has 1 spiro atoms. The van der Waals surface area contributed by atoms with Crippen LogP contribution in [0.15, 0.2) is 4.99 Å². The maximum Gasteiger partial charge on any atom is 0.243 e. The summed E-state index contributed by atoms with van der Waals surface area (Å²) in [4.78, 5) is 17.7. The van der Waals surface area contributed by atoms with Gasteiger partial charge in [0.15, 0.2) is 11.7 Å². The van der Waals surface area contributed by atoms with E-state index in [1.54, 1.807) is 19.0 Å². The van der Waals surface area contributed by atoms with E-state index in [1.165, 1.54) is 25.7 Å². The first-order chi connectivity index (χ1) is 12.0. The van der Waals surface area contributed by atoms with Gasteiger partial charge in [0.1, 0.15) is 12.6 Å². The van der Waals surface area contributed by atoms with Crippen LogP contribution in [0.2, 0.25) is 0 Å². The van der Waals surface area contributed by atoms with Gasteiger partial charge in [-0.25, -0.2) is 4.99 Å². The first kappa shape index (κ1) is 20.0. The third-order valence-electron chi connectivity index (χ3n) is 4.69. The number of carbonyl (C=O) groups excluding carboxylic acids is 1. The van der Waals surface area contributed by atoms with Crippen molar-refractivity contribution in [2.24, 2.45) is 4.99 Å². The molecule has 2 aliphatic rings. The number of nitrogens with zero attached hydrogens (tertiary/aromatic N) is 2. The Kier molecular flexibility index (Phi) is 7.96. The van der Waals surface area contributed by atoms with Gasteiger partial charge in [-0.3, -0.25) is 4.79 Å². The highest BCUT2D eigenvalue weighted by Crippen LogP contribution is 2.36. The van der Waals surface area contributed by atoms with Crippen molar-refractivity contribution in [3.63, 3.8) is 0 Å². The monoisotopic (exact) mass is 354 g/mol. The average molecular weight is 354 g/mol. The Morgan fingerprint density at radius 2 is 1.92 bits per heavy atom. The van der Waals surface area contributed by atoms with Gasteiger partial charge in [0.2, 0.25) is 5.91 Å². The molecule has 0 bridgehead atoms. The second-order valence-electron chi connectivity index (χ2n) is 7.14. The van der Waals surface area contributed by atoms with Crippen LogP contribution in [0.3, 0.4) is 0 Å². The van der Waals surface area contributed by atoms with Crippen LogP contribution in [0.5, 0.6) is 0 Å². The standard InChI is InChI=1S/C18H34N4O3/c1-4-11-19-17(21-13-16(23)22(2)3)20-12-15-14-24-18(25-15)9-7-5-6-8-10-18/h15H,4-14H2,1-3H3,(H2,19,20,21). The smallest absolute Gasteiger partial charge is 0.243 e. The topological polar surface area (TPSA) is 75.2 Å². The lowest BCUT2D eigenvalue weighted by atomic mass is 10.1. The molecular weight excluding hydrogens is 320 g/mol. The Morgan fingerprint density at radius 1 is 1.20 bits per heavy atom. The van der Waals surface area contributed by atoms with Crippen LogP contribution in [0, 0.1) is 0 Å². The van der Waals surface area contributed by atoms with E-state index in [1.807, 2.05) is 0 Å². The van der Waals surface area contributed by atoms with E-state index in [-0.39, 0.29) is 24.3 Å². The number of carbonyl (C=O) groups is 1. The minimum absolute atomic E-state index is 0.0181. The summed E-state index contributed by atoms with van der Waals surface area (Å²) < 4.78 is 12.3. The van der Waals surface area contributed by atoms with E-state index in [0.717, 1.165) is 25.8 Å². The summed E-state index contributed by atoms with van der Waals surface area (Å²) in [6.07, 6.45) is 7.91. The summed E-state index contributed by atoms with van der Waals surface area (Å²) in [5, 5.41) is 6.53. The summed E-state index contributed by atoms with van der Waals surface area (Å²) in [6, 6.07) is 0. The summed E-state index contributed by atoms with van der Waals surface area (Å²) in [5.41, 5.74) is 0. The minimum Gasteiger partial charge on any atom is -0.356 e. The molecule has 1 atom stereocenters. The lowest BCUT2D eigenvalue weighted by Gasteiger charge is -2.26. The number of aliphatic imine (C=N–C) groups is 1. The van der Waals surface area contributed by atoms with Gasteiger partial charge in [0, 0.05) is 40.0 Å². The zero-order valence-corrected chi connectivity index (χ0v) is 16.0. The van der Waals surface area contributed by atoms with Gasteiger partial charge in [-0.05, 0) is 19.3 Å². The predicted octanol–water partition coefficient (Wildman–Crippen LogP) is 1.49. The van der Waals surface area contributed by atoms with Gasteiger partial charge in [0.05, 0.1) is 6.61 Å². The van der Waals surface area contributed by atoms with Gasteiger partial charge < -0.3 is 25.0 Å². The van der Waals surface area contributed by atoms with Gasteiger partial charge in [-0.1, -0.05) is 19.8 Å². The number of ether oxygens (including phenoxy) is 2. The molecule has 1 amide bonds. The Balaban J connectivity index is 1.83. The van der Waals surface area contributed by atoms with Gasteiger partial charge in [-0.15, -0.1) is 0 Å². The molecule has 2 rings (SSSR count). The molecule has 1 aliphatic heterocycles. The average Bonchev–Trinajstić information content (AvgIpc) is 2.85. The van der Waals surface area contributed by atoms with Crippen LogP contribution in [-0.4, -0.2) is 69.0 Å². The van der Waals surface area contributed by atoms with Crippen molar-refractivity contribution in [3.8, 4) is 0 Å². The largest absolute Gasteiger partial charge is 0.356 e. The lowest BCUT2D eigenvalue weighted by molar-refractivity contribution is -0.175. The van der Waals surface area contributed by atoms with Crippen LogP contribution in [0.4, 0.5) is 0 Å². The van der Waals surface area contributed by atoms with Crippen LogP contribution in [-0.2, 0) is 14.3 Å². The van der Waals surface area contributed by atoms with Crippen molar-refractivity contribution in [2.45, 2.75) is 63.8 Å². The second-order valence-corrected chi connectivity index (χ2v) is 7.14. The van der Waals surface area contributed by atoms with Gasteiger partial charge in [-0.2, -0.15) is 0 Å². The molecule has 7 heteroatoms. The van der Waals surface area contributed by atoms with Crippen molar-refractivity contribution < 1.29 is 14.3 Å². The van der Waals surface area contributed by atoms with Crippen molar-refractivity contribution >= 4 is 11.9 Å². The Bertz CT molecular complexity index is 446. The molecule has 1 unspecified atom stereocenters. The van der Waals surface area contributed by atoms with E-state index in [4.69, 9.17) is 9.47 Å². The number of hydrogen-bond donors (Lipinski definition) is 2. The summed E-state index contributed by atoms with van der Waals surface area (Å²) in [7, 11) is 3.47. The third kappa shape index (κ3) is 6.47. The number of nitrogens with one attached hydrogen (secondary N) is 2. The molecule has 7 nitrogen and oxygen atoms in total. The number of likely N-dealkylation sites (N-methyl/N-ethyl adjacent to an activating group) is 1. The molecule has 2 fully saturated rings. The number of guanidine groups is 1. The lowest BCUT2D eigenvalue weighted by Crippen LogP contribution is -2.43. The molecule has 1 heterocycles. The highest BCUT2D eigenvalue weighted by Gasteiger charge is 2.41. The molecule has 0 aromatic heterocycles. The minimum atomic E-state index is -0.363. The van der Waals surface area contributed by atoms with E-state index in [0.29, 0.717) is 19.1 Å². The molecule has 0 aromatic carbocycles. The van der Waals surface area contributed by atoms with E-state index < -0.39 is 0 Å². The van der Waals surface area contributed by atoms with E-state index >= 15 is 0 Å². The van der Waals surface area contributed by atoms with E-state index in [2.05, 4.69) is 22.5 Å². The van der Waals surface area contributed by atoms with Crippen molar-refractivity contribution in [1.29, 1.82) is 0 Å². The normalized spacial score (nSPS) is 23.3. The fraction of sp³-hybridized carbons (Fsp3) is 0.889. The second kappa shape index (κ2) is 9.97. The molecule has 1 saturated carbocycles. The molecule has 0 radical (unpaired) electrons. The van der Waals surface area contributed by atoms with Crippen LogP contribution in [0.1, 0.15) is 51.9 Å². The third-order valence-corrected chi connectivity index (χ3v) is 4.69. The zero-order valence-electron chi connectivity index (χ0n) is 16.0. The molecule has 1 aliphatic carbocycles. The summed E-state index contributed by atoms with van der Waals surface area (Å²) >= 11 is 0. The summed E-state index contributed by atoms with van der Waals surface area (Å²) in [6.45, 7) is 4.30. The molecular formula is C18H34N4O3. The highest BCUT2D eigenvalue weighted by molar-refractivity contribution is 5.84. The van der Waals surface area contributed by atoms with Crippen molar-refractivity contribution in [3.05, 3.63) is 0 Å². The molecule has 25 heavy (non-hydrogen) atoms. The highest BCUT2D eigenvalue weighted by atomic mass is 16.7. The zero-order chi connectivity index (χ0) is 18.1. The predicted molar refractivity (Wildman–Crippen MR) is 98.6 cm³/mol. The van der Waals surface area contributed by atoms with Crippen LogP contribution in [0.25, 0.3) is 0 Å². The molecule has 144 valence electrons. The molecule has 2 N–H and O–H groups in total. The summed E-state index contributed by atoms with van der Waals surface area (Å²) in [5.74, 6) is 0.274. The first-order valence-corrected chi connectivity index (χ1v) is 9.59. The maximum atomic E-state index is 11.7. The molecule has 0 aromatic rings. The number of hydrogen-bond acceptors (Lipinski definition) is 4. The molecule has 1 saturated heterocycles. The quantitative estimate of drug-likeness (QED) is 0.558. The SMILES string of the molecule is CCCNC(=NCC(=O)N(C)C)NCC1COC2(CCCCCC2)O1. The first-order valence-electron chi connectivity index (χ1n) is 9.59. The van der Waals surface area contributed by atoms with Crippen LogP contribution < -0.4 is 10.6 Å². The fourth-order valence-electron chi connectivity index (χ4n) is 3.16. The maximum absolute atomic E-state index is 11.7. The number of rotatable bonds is 6. The van der Waals surface area contributed by atoms with Crippen molar-refractivity contribution in [1.82, 2.24) is 15.5 Å². The van der Waals surface area contributed by atoms with Gasteiger partial charge >= 0.3 is 0 Å². The van der Waals surface area contributed by atoms with Gasteiger partial charge in [0.25, 0.3) is 0 Å². The van der Waals surface area contributed by atoms with Crippen molar-refractivity contribution in [2.75, 3.05) is 40.3 Å². The van der Waals surface area contributed by atoms with E-state index in [9.17, 15) is 4.79 Å². The Hall–Kier alpha value is -1.34. The number of amides is 1. The Morgan fingerprint density at radius 3 is 2.56 bits per heavy atom. The fourth-order valence-corrected chi connectivity index (χ4v) is 3.16.